The monoisotopic (exact) mass is 421 g/mol. The molecule has 1 aromatic carbocycles. The topological polar surface area (TPSA) is 73.1 Å². The lowest BCUT2D eigenvalue weighted by Gasteiger charge is -2.36. The molecule has 1 saturated heterocycles. The van der Waals surface area contributed by atoms with Gasteiger partial charge in [0.15, 0.2) is 0 Å². The van der Waals surface area contributed by atoms with Crippen LogP contribution in [0.25, 0.3) is 11.3 Å². The Hall–Kier alpha value is -3.13. The highest BCUT2D eigenvalue weighted by molar-refractivity contribution is 5.94. The van der Waals surface area contributed by atoms with Crippen LogP contribution in [0.5, 0.6) is 0 Å². The molecular weight excluding hydrogens is 397 g/mol. The largest absolute Gasteiger partial charge is 0.379 e. The number of halogens is 1. The molecule has 0 spiro atoms. The highest BCUT2D eigenvalue weighted by atomic mass is 19.1. The van der Waals surface area contributed by atoms with E-state index in [0.29, 0.717) is 24.9 Å². The lowest BCUT2D eigenvalue weighted by molar-refractivity contribution is -0.00545. The number of carbonyl (C=O) groups excluding carboxylic acids is 1. The van der Waals surface area contributed by atoms with Crippen molar-refractivity contribution < 1.29 is 13.9 Å². The predicted octanol–water partition coefficient (Wildman–Crippen LogP) is 3.22. The first-order valence-corrected chi connectivity index (χ1v) is 10.5. The van der Waals surface area contributed by atoms with E-state index < -0.39 is 5.82 Å². The average Bonchev–Trinajstić information content (AvgIpc) is 3.45. The molecule has 1 aliphatic heterocycles. The maximum Gasteiger partial charge on any atom is 0.256 e. The summed E-state index contributed by atoms with van der Waals surface area (Å²) in [5.41, 5.74) is 1.90. The van der Waals surface area contributed by atoms with E-state index in [-0.39, 0.29) is 23.6 Å². The van der Waals surface area contributed by atoms with Gasteiger partial charge in [0, 0.05) is 38.2 Å². The number of carbonyl (C=O) groups is 1. The molecule has 31 heavy (non-hydrogen) atoms. The second-order valence-corrected chi connectivity index (χ2v) is 8.34. The van der Waals surface area contributed by atoms with Crippen LogP contribution in [-0.2, 0) is 4.74 Å². The standard InChI is InChI=1S/C23H24FN5O2/c1-31-22-11-17-13-28(23(30)18-4-2-3-5-19(18)24)12-16(17)10-21(22)29-14-20(26-27-29)15-6-8-25-9-7-15/h2-9,14,16-17,21-22H,10-13H2,1H3/t16-,17+,21-,22-/m1/s1. The Kier molecular flexibility index (Phi) is 5.23. The number of likely N-dealkylation sites (tertiary alicyclic amines) is 1. The first kappa shape index (κ1) is 19.8. The van der Waals surface area contributed by atoms with Crippen LogP contribution in [0, 0.1) is 17.7 Å². The van der Waals surface area contributed by atoms with Gasteiger partial charge in [-0.2, -0.15) is 0 Å². The smallest absolute Gasteiger partial charge is 0.256 e. The van der Waals surface area contributed by atoms with Crippen LogP contribution in [0.15, 0.2) is 55.0 Å². The molecule has 0 N–H and O–H groups in total. The summed E-state index contributed by atoms with van der Waals surface area (Å²) in [7, 11) is 1.72. The molecular formula is C23H24FN5O2. The number of methoxy groups -OCH3 is 1. The molecule has 2 aromatic heterocycles. The van der Waals surface area contributed by atoms with E-state index in [2.05, 4.69) is 15.3 Å². The Morgan fingerprint density at radius 3 is 2.58 bits per heavy atom. The summed E-state index contributed by atoms with van der Waals surface area (Å²) in [6.07, 6.45) is 7.07. The van der Waals surface area contributed by atoms with Crippen molar-refractivity contribution in [1.29, 1.82) is 0 Å². The zero-order chi connectivity index (χ0) is 21.4. The summed E-state index contributed by atoms with van der Waals surface area (Å²) in [5.74, 6) is -0.0548. The molecule has 0 radical (unpaired) electrons. The maximum atomic E-state index is 14.1. The van der Waals surface area contributed by atoms with E-state index in [0.717, 1.165) is 24.1 Å². The van der Waals surface area contributed by atoms with Gasteiger partial charge in [-0.3, -0.25) is 9.78 Å². The van der Waals surface area contributed by atoms with E-state index in [4.69, 9.17) is 4.74 Å². The maximum absolute atomic E-state index is 14.1. The lowest BCUT2D eigenvalue weighted by Crippen LogP contribution is -2.37. The summed E-state index contributed by atoms with van der Waals surface area (Å²) >= 11 is 0. The second kappa shape index (κ2) is 8.19. The zero-order valence-electron chi connectivity index (χ0n) is 17.3. The van der Waals surface area contributed by atoms with Crippen LogP contribution in [-0.4, -0.2) is 57.1 Å². The number of pyridine rings is 1. The molecule has 1 amide bonds. The van der Waals surface area contributed by atoms with Crippen molar-refractivity contribution in [1.82, 2.24) is 24.9 Å². The number of amides is 1. The van der Waals surface area contributed by atoms with Crippen LogP contribution in [0.4, 0.5) is 4.39 Å². The molecule has 8 heteroatoms. The van der Waals surface area contributed by atoms with Gasteiger partial charge in [0.2, 0.25) is 0 Å². The minimum atomic E-state index is -0.471. The summed E-state index contributed by atoms with van der Waals surface area (Å²) in [4.78, 5) is 18.7. The van der Waals surface area contributed by atoms with Crippen molar-refractivity contribution in [2.24, 2.45) is 11.8 Å². The third-order valence-electron chi connectivity index (χ3n) is 6.61. The Balaban J connectivity index is 1.34. The summed E-state index contributed by atoms with van der Waals surface area (Å²) in [5, 5.41) is 8.71. The Morgan fingerprint density at radius 2 is 1.84 bits per heavy atom. The molecule has 1 saturated carbocycles. The SMILES string of the molecule is CO[C@@H]1C[C@H]2CN(C(=O)c3ccccc3F)C[C@H]2C[C@H]1n1cc(-c2ccncc2)nn1. The molecule has 2 fully saturated rings. The third kappa shape index (κ3) is 3.72. The number of rotatable bonds is 4. The highest BCUT2D eigenvalue weighted by Gasteiger charge is 2.45. The van der Waals surface area contributed by atoms with Crippen LogP contribution in [0.1, 0.15) is 29.2 Å². The van der Waals surface area contributed by atoms with Gasteiger partial charge in [0.1, 0.15) is 11.5 Å². The average molecular weight is 421 g/mol. The molecule has 4 atom stereocenters. The van der Waals surface area contributed by atoms with Crippen molar-refractivity contribution >= 4 is 5.91 Å². The summed E-state index contributed by atoms with van der Waals surface area (Å²) < 4.78 is 21.8. The number of aromatic nitrogens is 4. The molecule has 3 heterocycles. The van der Waals surface area contributed by atoms with E-state index in [1.807, 2.05) is 23.0 Å². The van der Waals surface area contributed by atoms with E-state index in [9.17, 15) is 9.18 Å². The minimum Gasteiger partial charge on any atom is -0.379 e. The number of hydrogen-bond donors (Lipinski definition) is 0. The molecule has 0 bridgehead atoms. The molecule has 3 aromatic rings. The number of fused-ring (bicyclic) bond motifs is 1. The molecule has 1 aliphatic carbocycles. The van der Waals surface area contributed by atoms with Gasteiger partial charge in [-0.25, -0.2) is 9.07 Å². The number of ether oxygens (including phenoxy) is 1. The van der Waals surface area contributed by atoms with Gasteiger partial charge in [-0.1, -0.05) is 17.3 Å². The first-order chi connectivity index (χ1) is 15.1. The predicted molar refractivity (Wildman–Crippen MR) is 112 cm³/mol. The normalized spacial score (nSPS) is 25.4. The van der Waals surface area contributed by atoms with Crippen LogP contribution in [0.2, 0.25) is 0 Å². The molecule has 7 nitrogen and oxygen atoms in total. The van der Waals surface area contributed by atoms with Gasteiger partial charge in [-0.05, 0) is 48.9 Å². The Morgan fingerprint density at radius 1 is 1.10 bits per heavy atom. The fourth-order valence-electron chi connectivity index (χ4n) is 4.99. The van der Waals surface area contributed by atoms with Crippen molar-refractivity contribution in [2.45, 2.75) is 25.0 Å². The van der Waals surface area contributed by atoms with Crippen molar-refractivity contribution in [3.8, 4) is 11.3 Å². The fraction of sp³-hybridized carbons (Fsp3) is 0.391. The molecule has 0 unspecified atom stereocenters. The lowest BCUT2D eigenvalue weighted by atomic mass is 9.77. The van der Waals surface area contributed by atoms with E-state index in [1.165, 1.54) is 6.07 Å². The number of nitrogens with zero attached hydrogens (tertiary/aromatic N) is 5. The molecule has 160 valence electrons. The quantitative estimate of drug-likeness (QED) is 0.647. The van der Waals surface area contributed by atoms with E-state index in [1.54, 1.807) is 42.6 Å². The van der Waals surface area contributed by atoms with Gasteiger partial charge in [-0.15, -0.1) is 5.10 Å². The van der Waals surface area contributed by atoms with Gasteiger partial charge < -0.3 is 9.64 Å². The Bertz CT molecular complexity index is 1070. The van der Waals surface area contributed by atoms with Gasteiger partial charge >= 0.3 is 0 Å². The van der Waals surface area contributed by atoms with Crippen molar-refractivity contribution in [2.75, 3.05) is 20.2 Å². The first-order valence-electron chi connectivity index (χ1n) is 10.5. The highest BCUT2D eigenvalue weighted by Crippen LogP contribution is 2.42. The van der Waals surface area contributed by atoms with Crippen molar-refractivity contribution in [3.05, 3.63) is 66.4 Å². The number of benzene rings is 1. The molecule has 5 rings (SSSR count). The summed E-state index contributed by atoms with van der Waals surface area (Å²) in [6.45, 7) is 1.25. The summed E-state index contributed by atoms with van der Waals surface area (Å²) in [6, 6.07) is 10.0. The van der Waals surface area contributed by atoms with Crippen LogP contribution < -0.4 is 0 Å². The minimum absolute atomic E-state index is 0.0169. The third-order valence-corrected chi connectivity index (χ3v) is 6.61. The fourth-order valence-corrected chi connectivity index (χ4v) is 4.99. The van der Waals surface area contributed by atoms with Gasteiger partial charge in [0.05, 0.1) is 23.9 Å². The molecule has 2 aliphatic rings. The van der Waals surface area contributed by atoms with Gasteiger partial charge in [0.25, 0.3) is 5.91 Å². The van der Waals surface area contributed by atoms with Crippen LogP contribution >= 0.6 is 0 Å². The van der Waals surface area contributed by atoms with Crippen LogP contribution in [0.3, 0.4) is 0 Å². The van der Waals surface area contributed by atoms with Crippen molar-refractivity contribution in [3.63, 3.8) is 0 Å². The second-order valence-electron chi connectivity index (χ2n) is 8.34. The van der Waals surface area contributed by atoms with E-state index >= 15 is 0 Å². The Labute approximate surface area is 179 Å². The number of hydrogen-bond acceptors (Lipinski definition) is 5. The zero-order valence-corrected chi connectivity index (χ0v) is 17.3.